The van der Waals surface area contributed by atoms with Crippen LogP contribution < -0.4 is 10.9 Å². The molecule has 2 heterocycles. The molecule has 1 amide bonds. The number of hydrogen-bond donors (Lipinski definition) is 1. The molecule has 29 heavy (non-hydrogen) atoms. The molecule has 6 heteroatoms. The summed E-state index contributed by atoms with van der Waals surface area (Å²) in [5, 5.41) is 10.8. The standard InChI is InChI=1S/C23H21N3O2S/c1-16(22(27)24-14-13-17-8-3-2-4-9-17)26-23(28)19-11-6-5-10-18(19)21(25-26)20-12-7-15-29-20/h2-12,15-16H,13-14H2,1H3,(H,24,27). The predicted octanol–water partition coefficient (Wildman–Crippen LogP) is 4.04. The van der Waals surface area contributed by atoms with Gasteiger partial charge in [-0.15, -0.1) is 11.3 Å². The van der Waals surface area contributed by atoms with Crippen LogP contribution in [0.25, 0.3) is 21.3 Å². The quantitative estimate of drug-likeness (QED) is 0.528. The molecule has 0 aliphatic heterocycles. The highest BCUT2D eigenvalue weighted by molar-refractivity contribution is 7.13. The Hall–Kier alpha value is -3.25. The van der Waals surface area contributed by atoms with Crippen LogP contribution in [0.5, 0.6) is 0 Å². The van der Waals surface area contributed by atoms with Gasteiger partial charge < -0.3 is 5.32 Å². The molecule has 1 N–H and O–H groups in total. The highest BCUT2D eigenvalue weighted by Crippen LogP contribution is 2.28. The molecule has 0 aliphatic rings. The molecule has 0 fully saturated rings. The van der Waals surface area contributed by atoms with Crippen molar-refractivity contribution < 1.29 is 4.79 Å². The van der Waals surface area contributed by atoms with Gasteiger partial charge in [0.05, 0.1) is 10.3 Å². The number of fused-ring (bicyclic) bond motifs is 1. The minimum Gasteiger partial charge on any atom is -0.354 e. The molecule has 0 radical (unpaired) electrons. The first-order chi connectivity index (χ1) is 14.1. The van der Waals surface area contributed by atoms with Crippen LogP contribution in [0.3, 0.4) is 0 Å². The number of amides is 1. The molecule has 1 atom stereocenters. The molecular weight excluding hydrogens is 382 g/mol. The zero-order valence-electron chi connectivity index (χ0n) is 16.0. The third kappa shape index (κ3) is 3.98. The van der Waals surface area contributed by atoms with Crippen LogP contribution in [0.15, 0.2) is 76.9 Å². The average molecular weight is 404 g/mol. The molecule has 2 aromatic heterocycles. The van der Waals surface area contributed by atoms with Crippen LogP contribution in [0.2, 0.25) is 0 Å². The Kier molecular flexibility index (Phi) is 5.53. The van der Waals surface area contributed by atoms with E-state index in [2.05, 4.69) is 10.4 Å². The Balaban J connectivity index is 1.62. The number of thiophene rings is 1. The molecule has 0 bridgehead atoms. The second-order valence-electron chi connectivity index (χ2n) is 6.82. The van der Waals surface area contributed by atoms with Gasteiger partial charge in [-0.05, 0) is 36.4 Å². The number of rotatable bonds is 6. The first kappa shape index (κ1) is 19.1. The summed E-state index contributed by atoms with van der Waals surface area (Å²) >= 11 is 1.56. The Morgan fingerprint density at radius 2 is 1.76 bits per heavy atom. The lowest BCUT2D eigenvalue weighted by molar-refractivity contribution is -0.124. The molecule has 2 aromatic carbocycles. The second-order valence-corrected chi connectivity index (χ2v) is 7.77. The number of carbonyl (C=O) groups excluding carboxylic acids is 1. The van der Waals surface area contributed by atoms with Gasteiger partial charge in [0, 0.05) is 11.9 Å². The number of nitrogens with zero attached hydrogens (tertiary/aromatic N) is 2. The Morgan fingerprint density at radius 1 is 1.03 bits per heavy atom. The normalized spacial score (nSPS) is 12.0. The van der Waals surface area contributed by atoms with Crippen molar-refractivity contribution in [1.82, 2.24) is 15.1 Å². The van der Waals surface area contributed by atoms with E-state index >= 15 is 0 Å². The maximum absolute atomic E-state index is 13.0. The van der Waals surface area contributed by atoms with E-state index < -0.39 is 6.04 Å². The van der Waals surface area contributed by atoms with Gasteiger partial charge in [0.15, 0.2) is 0 Å². The fourth-order valence-electron chi connectivity index (χ4n) is 3.30. The van der Waals surface area contributed by atoms with Crippen molar-refractivity contribution in [1.29, 1.82) is 0 Å². The maximum atomic E-state index is 13.0. The summed E-state index contributed by atoms with van der Waals surface area (Å²) in [6, 6.07) is 20.6. The molecule has 5 nitrogen and oxygen atoms in total. The molecule has 0 saturated carbocycles. The van der Waals surface area contributed by atoms with E-state index in [0.29, 0.717) is 11.9 Å². The van der Waals surface area contributed by atoms with Crippen LogP contribution in [-0.2, 0) is 11.2 Å². The van der Waals surface area contributed by atoms with Gasteiger partial charge in [-0.1, -0.05) is 54.6 Å². The van der Waals surface area contributed by atoms with E-state index in [0.717, 1.165) is 27.9 Å². The second kappa shape index (κ2) is 8.41. The van der Waals surface area contributed by atoms with Gasteiger partial charge in [0.25, 0.3) is 5.56 Å². The van der Waals surface area contributed by atoms with Crippen molar-refractivity contribution in [2.24, 2.45) is 0 Å². The van der Waals surface area contributed by atoms with Crippen molar-refractivity contribution >= 4 is 28.0 Å². The summed E-state index contributed by atoms with van der Waals surface area (Å²) in [4.78, 5) is 26.7. The Morgan fingerprint density at radius 3 is 2.48 bits per heavy atom. The molecule has 1 unspecified atom stereocenters. The third-order valence-corrected chi connectivity index (χ3v) is 5.76. The van der Waals surface area contributed by atoms with Crippen molar-refractivity contribution in [2.45, 2.75) is 19.4 Å². The fourth-order valence-corrected chi connectivity index (χ4v) is 4.02. The fraction of sp³-hybridized carbons (Fsp3) is 0.174. The number of nitrogens with one attached hydrogen (secondary N) is 1. The van der Waals surface area contributed by atoms with Crippen LogP contribution >= 0.6 is 11.3 Å². The van der Waals surface area contributed by atoms with Crippen molar-refractivity contribution in [2.75, 3.05) is 6.54 Å². The lowest BCUT2D eigenvalue weighted by Gasteiger charge is -2.16. The van der Waals surface area contributed by atoms with Gasteiger partial charge in [-0.3, -0.25) is 9.59 Å². The van der Waals surface area contributed by atoms with Gasteiger partial charge in [-0.2, -0.15) is 5.10 Å². The van der Waals surface area contributed by atoms with E-state index in [9.17, 15) is 9.59 Å². The van der Waals surface area contributed by atoms with Gasteiger partial charge in [0.2, 0.25) is 5.91 Å². The highest BCUT2D eigenvalue weighted by atomic mass is 32.1. The first-order valence-electron chi connectivity index (χ1n) is 9.52. The SMILES string of the molecule is CC(C(=O)NCCc1ccccc1)n1nc(-c2cccs2)c2ccccc2c1=O. The van der Waals surface area contributed by atoms with E-state index in [1.54, 1.807) is 24.3 Å². The average Bonchev–Trinajstić information content (AvgIpc) is 3.29. The lowest BCUT2D eigenvalue weighted by Crippen LogP contribution is -2.38. The Labute approximate surface area is 172 Å². The number of benzene rings is 2. The molecule has 4 rings (SSSR count). The summed E-state index contributed by atoms with van der Waals surface area (Å²) in [6.45, 7) is 2.21. The predicted molar refractivity (Wildman–Crippen MR) is 117 cm³/mol. The smallest absolute Gasteiger partial charge is 0.275 e. The summed E-state index contributed by atoms with van der Waals surface area (Å²) in [7, 11) is 0. The largest absolute Gasteiger partial charge is 0.354 e. The molecule has 4 aromatic rings. The van der Waals surface area contributed by atoms with Gasteiger partial charge in [-0.25, -0.2) is 4.68 Å². The van der Waals surface area contributed by atoms with Crippen LogP contribution in [0, 0.1) is 0 Å². The van der Waals surface area contributed by atoms with Crippen molar-refractivity contribution in [3.05, 3.63) is 88.0 Å². The zero-order chi connectivity index (χ0) is 20.2. The third-order valence-electron chi connectivity index (χ3n) is 4.89. The molecule has 0 saturated heterocycles. The monoisotopic (exact) mass is 403 g/mol. The number of aromatic nitrogens is 2. The minimum atomic E-state index is -0.707. The molecule has 0 aliphatic carbocycles. The number of hydrogen-bond acceptors (Lipinski definition) is 4. The van der Waals surface area contributed by atoms with Crippen LogP contribution in [0.1, 0.15) is 18.5 Å². The molecule has 146 valence electrons. The molecular formula is C23H21N3O2S. The summed E-state index contributed by atoms with van der Waals surface area (Å²) < 4.78 is 1.30. The summed E-state index contributed by atoms with van der Waals surface area (Å²) in [6.07, 6.45) is 0.736. The highest BCUT2D eigenvalue weighted by Gasteiger charge is 2.21. The Bertz CT molecular complexity index is 1180. The summed E-state index contributed by atoms with van der Waals surface area (Å²) in [5.74, 6) is -0.219. The van der Waals surface area contributed by atoms with Crippen LogP contribution in [-0.4, -0.2) is 22.2 Å². The van der Waals surface area contributed by atoms with Crippen molar-refractivity contribution in [3.63, 3.8) is 0 Å². The van der Waals surface area contributed by atoms with Crippen molar-refractivity contribution in [3.8, 4) is 10.6 Å². The van der Waals surface area contributed by atoms with Gasteiger partial charge >= 0.3 is 0 Å². The lowest BCUT2D eigenvalue weighted by atomic mass is 10.1. The van der Waals surface area contributed by atoms with Crippen LogP contribution in [0.4, 0.5) is 0 Å². The maximum Gasteiger partial charge on any atom is 0.275 e. The zero-order valence-corrected chi connectivity index (χ0v) is 16.9. The molecule has 0 spiro atoms. The first-order valence-corrected chi connectivity index (χ1v) is 10.4. The van der Waals surface area contributed by atoms with E-state index in [1.807, 2.05) is 66.0 Å². The van der Waals surface area contributed by atoms with E-state index in [1.165, 1.54) is 4.68 Å². The minimum absolute atomic E-state index is 0.219. The number of carbonyl (C=O) groups is 1. The van der Waals surface area contributed by atoms with Gasteiger partial charge in [0.1, 0.15) is 11.7 Å². The van der Waals surface area contributed by atoms with E-state index in [4.69, 9.17) is 0 Å². The summed E-state index contributed by atoms with van der Waals surface area (Å²) in [5.41, 5.74) is 1.62. The topological polar surface area (TPSA) is 64.0 Å². The van der Waals surface area contributed by atoms with E-state index in [-0.39, 0.29) is 11.5 Å².